The standard InChI is InChI=1S/C10H7IN4O3S/c11-19-9-4-8(14-18-9)10(13)6-3-5(15(16)17)1-2-7(6)12/h1-4,13H,12H2. The quantitative estimate of drug-likeness (QED) is 0.272. The fourth-order valence-corrected chi connectivity index (χ4v) is 2.27. The maximum Gasteiger partial charge on any atom is 0.270 e. The molecule has 0 aliphatic heterocycles. The lowest BCUT2D eigenvalue weighted by molar-refractivity contribution is -0.384. The van der Waals surface area contributed by atoms with Crippen molar-refractivity contribution >= 4 is 47.2 Å². The predicted octanol–water partition coefficient (Wildman–Crippen LogP) is 3.02. The van der Waals surface area contributed by atoms with E-state index in [4.69, 9.17) is 15.7 Å². The van der Waals surface area contributed by atoms with Gasteiger partial charge in [-0.1, -0.05) is 5.16 Å². The molecule has 0 aliphatic carbocycles. The van der Waals surface area contributed by atoms with Crippen LogP contribution in [0.15, 0.2) is 33.9 Å². The normalized spacial score (nSPS) is 10.4. The number of nitrogens with two attached hydrogens (primary N) is 1. The smallest absolute Gasteiger partial charge is 0.270 e. The molecule has 98 valence electrons. The second-order valence-electron chi connectivity index (χ2n) is 3.51. The van der Waals surface area contributed by atoms with Gasteiger partial charge in [0.2, 0.25) is 5.09 Å². The molecule has 0 aliphatic rings. The summed E-state index contributed by atoms with van der Waals surface area (Å²) < 4.78 is 4.96. The molecular weight excluding hydrogens is 383 g/mol. The molecule has 0 saturated carbocycles. The molecule has 2 rings (SSSR count). The average molecular weight is 390 g/mol. The van der Waals surface area contributed by atoms with Crippen LogP contribution < -0.4 is 5.73 Å². The van der Waals surface area contributed by atoms with E-state index in [-0.39, 0.29) is 28.3 Å². The molecule has 3 N–H and O–H groups in total. The minimum atomic E-state index is -0.537. The van der Waals surface area contributed by atoms with Crippen molar-refractivity contribution in [3.8, 4) is 0 Å². The number of aromatic nitrogens is 1. The zero-order chi connectivity index (χ0) is 14.0. The maximum atomic E-state index is 10.7. The molecule has 2 aromatic rings. The van der Waals surface area contributed by atoms with Gasteiger partial charge in [0.1, 0.15) is 5.69 Å². The van der Waals surface area contributed by atoms with Crippen LogP contribution in [0.2, 0.25) is 0 Å². The molecule has 0 saturated heterocycles. The summed E-state index contributed by atoms with van der Waals surface area (Å²) in [5.74, 6) is 0. The van der Waals surface area contributed by atoms with Crippen molar-refractivity contribution in [1.29, 1.82) is 5.41 Å². The molecule has 9 heteroatoms. The lowest BCUT2D eigenvalue weighted by Gasteiger charge is -2.04. The van der Waals surface area contributed by atoms with Crippen molar-refractivity contribution in [3.63, 3.8) is 0 Å². The summed E-state index contributed by atoms with van der Waals surface area (Å²) >= 11 is 2.02. The molecule has 0 bridgehead atoms. The van der Waals surface area contributed by atoms with Crippen LogP contribution in [0.5, 0.6) is 0 Å². The lowest BCUT2D eigenvalue weighted by atomic mass is 10.0. The molecule has 7 nitrogen and oxygen atoms in total. The number of hydrogen-bond acceptors (Lipinski definition) is 7. The van der Waals surface area contributed by atoms with Gasteiger partial charge in [0.05, 0.1) is 10.6 Å². The fourth-order valence-electron chi connectivity index (χ4n) is 1.42. The third kappa shape index (κ3) is 2.87. The number of non-ortho nitro benzene ring substituents is 1. The number of nitrogen functional groups attached to an aromatic ring is 1. The van der Waals surface area contributed by atoms with Crippen molar-refractivity contribution in [2.75, 3.05) is 5.73 Å². The van der Waals surface area contributed by atoms with Crippen molar-refractivity contribution < 1.29 is 9.45 Å². The summed E-state index contributed by atoms with van der Waals surface area (Å²) in [6, 6.07) is 5.53. The van der Waals surface area contributed by atoms with Crippen LogP contribution in [0.25, 0.3) is 0 Å². The Morgan fingerprint density at radius 2 is 2.26 bits per heavy atom. The zero-order valence-electron chi connectivity index (χ0n) is 9.29. The van der Waals surface area contributed by atoms with Crippen molar-refractivity contribution in [1.82, 2.24) is 5.16 Å². The number of nitro benzene ring substituents is 1. The van der Waals surface area contributed by atoms with Gasteiger partial charge in [-0.15, -0.1) is 0 Å². The number of benzene rings is 1. The summed E-state index contributed by atoms with van der Waals surface area (Å²) in [5, 5.41) is 23.0. The molecule has 0 radical (unpaired) electrons. The van der Waals surface area contributed by atoms with Gasteiger partial charge in [-0.05, 0) is 15.0 Å². The first kappa shape index (κ1) is 13.8. The van der Waals surface area contributed by atoms with Crippen molar-refractivity contribution in [2.45, 2.75) is 5.09 Å². The Hall–Kier alpha value is -1.62. The van der Waals surface area contributed by atoms with Crippen LogP contribution in [-0.4, -0.2) is 15.8 Å². The first-order valence-corrected chi connectivity index (χ1v) is 8.27. The predicted molar refractivity (Wildman–Crippen MR) is 79.8 cm³/mol. The van der Waals surface area contributed by atoms with Crippen LogP contribution in [0.4, 0.5) is 11.4 Å². The van der Waals surface area contributed by atoms with Gasteiger partial charge in [-0.25, -0.2) is 0 Å². The zero-order valence-corrected chi connectivity index (χ0v) is 12.3. The number of halogens is 1. The van der Waals surface area contributed by atoms with Gasteiger partial charge < -0.3 is 10.3 Å². The summed E-state index contributed by atoms with van der Waals surface area (Å²) in [4.78, 5) is 10.2. The minimum Gasteiger partial charge on any atom is -0.398 e. The van der Waals surface area contributed by atoms with E-state index in [1.165, 1.54) is 27.1 Å². The largest absolute Gasteiger partial charge is 0.398 e. The topological polar surface area (TPSA) is 119 Å². The highest BCUT2D eigenvalue weighted by Crippen LogP contribution is 2.27. The number of hydrogen-bond donors (Lipinski definition) is 2. The van der Waals surface area contributed by atoms with E-state index in [2.05, 4.69) is 5.16 Å². The van der Waals surface area contributed by atoms with Crippen molar-refractivity contribution in [3.05, 3.63) is 45.6 Å². The Morgan fingerprint density at radius 3 is 2.84 bits per heavy atom. The van der Waals surface area contributed by atoms with Gasteiger partial charge in [0.25, 0.3) is 5.69 Å². The molecule has 1 aromatic carbocycles. The molecule has 0 spiro atoms. The van der Waals surface area contributed by atoms with Crippen molar-refractivity contribution in [2.24, 2.45) is 0 Å². The molecule has 19 heavy (non-hydrogen) atoms. The number of nitro groups is 1. The monoisotopic (exact) mass is 390 g/mol. The Morgan fingerprint density at radius 1 is 1.53 bits per heavy atom. The van der Waals surface area contributed by atoms with Gasteiger partial charge in [-0.2, -0.15) is 0 Å². The molecule has 0 atom stereocenters. The van der Waals surface area contributed by atoms with E-state index in [9.17, 15) is 10.1 Å². The molecule has 0 unspecified atom stereocenters. The van der Waals surface area contributed by atoms with Gasteiger partial charge >= 0.3 is 0 Å². The van der Waals surface area contributed by atoms with Gasteiger partial charge in [0, 0.05) is 50.7 Å². The fraction of sp³-hybridized carbons (Fsp3) is 0. The summed E-state index contributed by atoms with van der Waals surface area (Å²) in [7, 11) is 1.32. The van der Waals surface area contributed by atoms with Crippen LogP contribution in [0.1, 0.15) is 11.3 Å². The summed E-state index contributed by atoms with van der Waals surface area (Å²) in [6.07, 6.45) is 0. The minimum absolute atomic E-state index is 0.0124. The Kier molecular flexibility index (Phi) is 4.04. The molecule has 1 heterocycles. The molecule has 1 aromatic heterocycles. The van der Waals surface area contributed by atoms with Crippen LogP contribution in [0.3, 0.4) is 0 Å². The second-order valence-corrected chi connectivity index (χ2v) is 5.39. The molecular formula is C10H7IN4O3S. The highest BCUT2D eigenvalue weighted by molar-refractivity contribution is 14.2. The van der Waals surface area contributed by atoms with Crippen LogP contribution >= 0.6 is 30.1 Å². The Bertz CT molecular complexity index is 658. The molecule has 0 fully saturated rings. The lowest BCUT2D eigenvalue weighted by Crippen LogP contribution is -2.06. The first-order chi connectivity index (χ1) is 9.02. The summed E-state index contributed by atoms with van der Waals surface area (Å²) in [5.41, 5.74) is 6.42. The van der Waals surface area contributed by atoms with E-state index in [1.807, 2.05) is 21.2 Å². The number of nitrogens with zero attached hydrogens (tertiary/aromatic N) is 2. The second kappa shape index (κ2) is 5.57. The SMILES string of the molecule is N=C(c1cc(SI)on1)c1cc([N+](=O)[O-])ccc1N. The van der Waals surface area contributed by atoms with E-state index in [0.717, 1.165) is 0 Å². The first-order valence-electron chi connectivity index (χ1n) is 4.91. The van der Waals surface area contributed by atoms with Crippen LogP contribution in [0, 0.1) is 15.5 Å². The number of rotatable bonds is 4. The van der Waals surface area contributed by atoms with Gasteiger partial charge in [0.15, 0.2) is 0 Å². The van der Waals surface area contributed by atoms with Crippen LogP contribution in [-0.2, 0) is 0 Å². The van der Waals surface area contributed by atoms with E-state index >= 15 is 0 Å². The average Bonchev–Trinajstić information content (AvgIpc) is 2.87. The summed E-state index contributed by atoms with van der Waals surface area (Å²) in [6.45, 7) is 0. The van der Waals surface area contributed by atoms with E-state index in [0.29, 0.717) is 5.09 Å². The van der Waals surface area contributed by atoms with E-state index < -0.39 is 4.92 Å². The third-order valence-electron chi connectivity index (χ3n) is 2.34. The highest BCUT2D eigenvalue weighted by atomic mass is 127. The molecule has 0 amide bonds. The Labute approximate surface area is 123 Å². The number of nitrogens with one attached hydrogen (secondary N) is 1. The van der Waals surface area contributed by atoms with Gasteiger partial charge in [-0.3, -0.25) is 15.5 Å². The number of anilines is 1. The third-order valence-corrected chi connectivity index (χ3v) is 3.98. The maximum absolute atomic E-state index is 10.7. The highest BCUT2D eigenvalue weighted by Gasteiger charge is 2.17. The van der Waals surface area contributed by atoms with E-state index in [1.54, 1.807) is 6.07 Å². The Balaban J connectivity index is 2.42.